The second kappa shape index (κ2) is 6.65. The SMILES string of the molecule is CN1C/C(=C\c2ccc(F)cc2)C2=NN(C)[C@H](c3ccc(F)cc3)[C@@H]2C1. The van der Waals surface area contributed by atoms with Crippen LogP contribution < -0.4 is 0 Å². The third-order valence-electron chi connectivity index (χ3n) is 5.10. The minimum Gasteiger partial charge on any atom is -0.301 e. The van der Waals surface area contributed by atoms with Gasteiger partial charge in [0.25, 0.3) is 0 Å². The zero-order chi connectivity index (χ0) is 18.3. The summed E-state index contributed by atoms with van der Waals surface area (Å²) in [5, 5.41) is 6.78. The molecule has 3 nitrogen and oxygen atoms in total. The van der Waals surface area contributed by atoms with Gasteiger partial charge in [0.15, 0.2) is 0 Å². The lowest BCUT2D eigenvalue weighted by atomic mass is 9.83. The van der Waals surface area contributed by atoms with Crippen LogP contribution in [0.25, 0.3) is 6.08 Å². The molecule has 0 bridgehead atoms. The molecule has 2 heterocycles. The zero-order valence-electron chi connectivity index (χ0n) is 14.9. The molecular weight excluding hydrogens is 332 g/mol. The molecule has 2 aromatic rings. The molecular formula is C21H21F2N3. The Balaban J connectivity index is 1.68. The van der Waals surface area contributed by atoms with Crippen LogP contribution in [-0.2, 0) is 0 Å². The van der Waals surface area contributed by atoms with Gasteiger partial charge in [-0.05, 0) is 54.1 Å². The van der Waals surface area contributed by atoms with Crippen molar-refractivity contribution in [3.8, 4) is 0 Å². The van der Waals surface area contributed by atoms with E-state index in [1.165, 1.54) is 24.3 Å². The van der Waals surface area contributed by atoms with Crippen LogP contribution in [0.2, 0.25) is 0 Å². The average Bonchev–Trinajstić information content (AvgIpc) is 2.94. The Kier molecular flexibility index (Phi) is 4.32. The number of hydrazone groups is 1. The van der Waals surface area contributed by atoms with Gasteiger partial charge in [0.1, 0.15) is 11.6 Å². The molecule has 0 N–H and O–H groups in total. The van der Waals surface area contributed by atoms with Gasteiger partial charge < -0.3 is 4.90 Å². The minimum atomic E-state index is -0.236. The average molecular weight is 353 g/mol. The summed E-state index contributed by atoms with van der Waals surface area (Å²) in [6.45, 7) is 1.70. The predicted octanol–water partition coefficient (Wildman–Crippen LogP) is 3.95. The first-order chi connectivity index (χ1) is 12.5. The standard InChI is InChI=1S/C21H21F2N3/c1-25-12-16(11-14-3-7-17(22)8-4-14)20-19(13-25)21(26(2)24-20)15-5-9-18(23)10-6-15/h3-11,19,21H,12-13H2,1-2H3/b16-11+/t19-,21-/m1/s1. The van der Waals surface area contributed by atoms with E-state index in [4.69, 9.17) is 5.10 Å². The highest BCUT2D eigenvalue weighted by atomic mass is 19.1. The smallest absolute Gasteiger partial charge is 0.123 e. The van der Waals surface area contributed by atoms with Crippen LogP contribution in [0, 0.1) is 17.6 Å². The van der Waals surface area contributed by atoms with Crippen LogP contribution in [-0.4, -0.2) is 42.8 Å². The fraction of sp³-hybridized carbons (Fsp3) is 0.286. The van der Waals surface area contributed by atoms with E-state index in [-0.39, 0.29) is 23.6 Å². The number of halogens is 2. The Morgan fingerprint density at radius 1 is 0.962 bits per heavy atom. The maximum absolute atomic E-state index is 13.3. The van der Waals surface area contributed by atoms with E-state index in [2.05, 4.69) is 18.0 Å². The molecule has 2 aliphatic rings. The molecule has 0 saturated carbocycles. The van der Waals surface area contributed by atoms with Crippen LogP contribution in [0.1, 0.15) is 17.2 Å². The van der Waals surface area contributed by atoms with Crippen LogP contribution in [0.4, 0.5) is 8.78 Å². The molecule has 26 heavy (non-hydrogen) atoms. The molecule has 1 saturated heterocycles. The molecule has 0 radical (unpaired) electrons. The van der Waals surface area contributed by atoms with Crippen molar-refractivity contribution < 1.29 is 8.78 Å². The quantitative estimate of drug-likeness (QED) is 0.814. The molecule has 0 aliphatic carbocycles. The van der Waals surface area contributed by atoms with Crippen LogP contribution in [0.3, 0.4) is 0 Å². The second-order valence-electron chi connectivity index (χ2n) is 7.08. The summed E-state index contributed by atoms with van der Waals surface area (Å²) in [5.41, 5.74) is 4.25. The van der Waals surface area contributed by atoms with Crippen molar-refractivity contribution in [2.75, 3.05) is 27.2 Å². The Labute approximate surface area is 152 Å². The van der Waals surface area contributed by atoms with Crippen molar-refractivity contribution in [3.63, 3.8) is 0 Å². The molecule has 2 atom stereocenters. The summed E-state index contributed by atoms with van der Waals surface area (Å²) in [4.78, 5) is 2.27. The summed E-state index contributed by atoms with van der Waals surface area (Å²) in [6, 6.07) is 13.3. The largest absolute Gasteiger partial charge is 0.301 e. The van der Waals surface area contributed by atoms with Crippen molar-refractivity contribution in [1.29, 1.82) is 0 Å². The maximum Gasteiger partial charge on any atom is 0.123 e. The fourth-order valence-electron chi connectivity index (χ4n) is 3.96. The fourth-order valence-corrected chi connectivity index (χ4v) is 3.96. The maximum atomic E-state index is 13.3. The normalized spacial score (nSPS) is 24.7. The van der Waals surface area contributed by atoms with E-state index >= 15 is 0 Å². The highest BCUT2D eigenvalue weighted by Crippen LogP contribution is 2.39. The molecule has 134 valence electrons. The van der Waals surface area contributed by atoms with Crippen molar-refractivity contribution in [2.45, 2.75) is 6.04 Å². The van der Waals surface area contributed by atoms with Crippen LogP contribution in [0.15, 0.2) is 59.2 Å². The Morgan fingerprint density at radius 2 is 1.58 bits per heavy atom. The first-order valence-corrected chi connectivity index (χ1v) is 8.73. The van der Waals surface area contributed by atoms with Gasteiger partial charge in [0.2, 0.25) is 0 Å². The second-order valence-corrected chi connectivity index (χ2v) is 7.08. The molecule has 1 fully saturated rings. The highest BCUT2D eigenvalue weighted by Gasteiger charge is 2.41. The number of likely N-dealkylation sites (tertiary alicyclic amines) is 1. The number of benzene rings is 2. The number of hydrogen-bond acceptors (Lipinski definition) is 3. The molecule has 0 unspecified atom stereocenters. The first kappa shape index (κ1) is 16.9. The van der Waals surface area contributed by atoms with Gasteiger partial charge in [-0.25, -0.2) is 8.78 Å². The number of nitrogens with zero attached hydrogens (tertiary/aromatic N) is 3. The predicted molar refractivity (Wildman–Crippen MR) is 99.7 cm³/mol. The van der Waals surface area contributed by atoms with Gasteiger partial charge >= 0.3 is 0 Å². The van der Waals surface area contributed by atoms with E-state index in [1.54, 1.807) is 12.1 Å². The molecule has 5 heteroatoms. The van der Waals surface area contributed by atoms with E-state index in [9.17, 15) is 8.78 Å². The zero-order valence-corrected chi connectivity index (χ0v) is 14.9. The third-order valence-corrected chi connectivity index (χ3v) is 5.10. The lowest BCUT2D eigenvalue weighted by molar-refractivity contribution is 0.211. The van der Waals surface area contributed by atoms with Gasteiger partial charge in [-0.15, -0.1) is 0 Å². The van der Waals surface area contributed by atoms with Crippen LogP contribution >= 0.6 is 0 Å². The number of hydrogen-bond donors (Lipinski definition) is 0. The van der Waals surface area contributed by atoms with Crippen molar-refractivity contribution >= 4 is 11.8 Å². The lowest BCUT2D eigenvalue weighted by Gasteiger charge is -2.34. The van der Waals surface area contributed by atoms with Crippen molar-refractivity contribution in [3.05, 3.63) is 76.9 Å². The summed E-state index contributed by atoms with van der Waals surface area (Å²) in [7, 11) is 4.06. The lowest BCUT2D eigenvalue weighted by Crippen LogP contribution is -2.41. The molecule has 4 rings (SSSR count). The Hall–Kier alpha value is -2.53. The first-order valence-electron chi connectivity index (χ1n) is 8.73. The molecule has 2 aromatic carbocycles. The summed E-state index contributed by atoms with van der Waals surface area (Å²) in [5.74, 6) is -0.246. The van der Waals surface area contributed by atoms with Crippen molar-refractivity contribution in [2.24, 2.45) is 11.0 Å². The highest BCUT2D eigenvalue weighted by molar-refractivity contribution is 6.07. The molecule has 0 spiro atoms. The number of rotatable bonds is 2. The van der Waals surface area contributed by atoms with Gasteiger partial charge in [-0.2, -0.15) is 5.10 Å². The van der Waals surface area contributed by atoms with Gasteiger partial charge in [0, 0.05) is 26.1 Å². The van der Waals surface area contributed by atoms with Gasteiger partial charge in [0.05, 0.1) is 11.8 Å². The molecule has 0 aromatic heterocycles. The van der Waals surface area contributed by atoms with E-state index < -0.39 is 0 Å². The third kappa shape index (κ3) is 3.15. The number of likely N-dealkylation sites (N-methyl/N-ethyl adjacent to an activating group) is 1. The number of piperidine rings is 1. The number of fused-ring (bicyclic) bond motifs is 1. The minimum absolute atomic E-state index is 0.0879. The van der Waals surface area contributed by atoms with E-state index in [1.807, 2.05) is 24.2 Å². The summed E-state index contributed by atoms with van der Waals surface area (Å²) >= 11 is 0. The summed E-state index contributed by atoms with van der Waals surface area (Å²) in [6.07, 6.45) is 2.09. The van der Waals surface area contributed by atoms with Gasteiger partial charge in [-0.1, -0.05) is 24.3 Å². The van der Waals surface area contributed by atoms with E-state index in [0.717, 1.165) is 35.5 Å². The van der Waals surface area contributed by atoms with E-state index in [0.29, 0.717) is 0 Å². The topological polar surface area (TPSA) is 18.8 Å². The van der Waals surface area contributed by atoms with Crippen LogP contribution in [0.5, 0.6) is 0 Å². The Bertz CT molecular complexity index is 856. The Morgan fingerprint density at radius 3 is 2.23 bits per heavy atom. The van der Waals surface area contributed by atoms with Crippen molar-refractivity contribution in [1.82, 2.24) is 9.91 Å². The monoisotopic (exact) mass is 353 g/mol. The summed E-state index contributed by atoms with van der Waals surface area (Å²) < 4.78 is 26.5. The molecule has 0 amide bonds. The van der Waals surface area contributed by atoms with Gasteiger partial charge in [-0.3, -0.25) is 5.01 Å². The molecule has 2 aliphatic heterocycles.